The van der Waals surface area contributed by atoms with Crippen LogP contribution in [0.5, 0.6) is 0 Å². The third-order valence-corrected chi connectivity index (χ3v) is 2.88. The molecule has 2 N–H and O–H groups in total. The molecular formula is C11H15FN2. The minimum Gasteiger partial charge on any atom is -0.396 e. The summed E-state index contributed by atoms with van der Waals surface area (Å²) in [4.78, 5) is 2.28. The van der Waals surface area contributed by atoms with Gasteiger partial charge in [-0.15, -0.1) is 0 Å². The van der Waals surface area contributed by atoms with E-state index in [1.54, 1.807) is 6.07 Å². The van der Waals surface area contributed by atoms with Crippen molar-refractivity contribution in [2.75, 3.05) is 25.9 Å². The predicted molar refractivity (Wildman–Crippen MR) is 55.7 cm³/mol. The molecule has 0 spiro atoms. The van der Waals surface area contributed by atoms with E-state index in [0.717, 1.165) is 25.1 Å². The second-order valence-electron chi connectivity index (χ2n) is 4.03. The number of rotatable bonds is 1. The molecule has 1 unspecified atom stereocenters. The first kappa shape index (κ1) is 9.46. The maximum Gasteiger partial charge on any atom is 0.146 e. The standard InChI is InChI=1S/C11H15FN2/c1-14-5-4-9(7-14)8-2-3-10(12)11(13)6-8/h2-3,6,9H,4-5,7,13H2,1H3. The molecule has 2 nitrogen and oxygen atoms in total. The Labute approximate surface area is 83.5 Å². The Bertz CT molecular complexity index is 338. The van der Waals surface area contributed by atoms with E-state index in [-0.39, 0.29) is 11.5 Å². The summed E-state index contributed by atoms with van der Waals surface area (Å²) in [5.41, 5.74) is 6.96. The topological polar surface area (TPSA) is 29.3 Å². The zero-order valence-corrected chi connectivity index (χ0v) is 8.33. The molecule has 76 valence electrons. The Balaban J connectivity index is 2.20. The minimum absolute atomic E-state index is 0.261. The molecule has 1 fully saturated rings. The second kappa shape index (κ2) is 3.58. The molecule has 0 bridgehead atoms. The van der Waals surface area contributed by atoms with Gasteiger partial charge in [0.2, 0.25) is 0 Å². The van der Waals surface area contributed by atoms with Crippen molar-refractivity contribution in [1.29, 1.82) is 0 Å². The Morgan fingerprint density at radius 2 is 2.29 bits per heavy atom. The molecule has 0 radical (unpaired) electrons. The highest BCUT2D eigenvalue weighted by molar-refractivity contribution is 5.43. The maximum absolute atomic E-state index is 12.9. The van der Waals surface area contributed by atoms with Gasteiger partial charge in [-0.05, 0) is 43.6 Å². The highest BCUT2D eigenvalue weighted by Gasteiger charge is 2.21. The van der Waals surface area contributed by atoms with Gasteiger partial charge in [-0.25, -0.2) is 4.39 Å². The number of nitrogens with zero attached hydrogens (tertiary/aromatic N) is 1. The van der Waals surface area contributed by atoms with E-state index in [9.17, 15) is 4.39 Å². The van der Waals surface area contributed by atoms with Crippen molar-refractivity contribution in [3.05, 3.63) is 29.6 Å². The molecular weight excluding hydrogens is 179 g/mol. The fraction of sp³-hybridized carbons (Fsp3) is 0.455. The molecule has 0 aliphatic carbocycles. The van der Waals surface area contributed by atoms with Crippen LogP contribution in [0.4, 0.5) is 10.1 Å². The van der Waals surface area contributed by atoms with E-state index >= 15 is 0 Å². The summed E-state index contributed by atoms with van der Waals surface area (Å²) in [6, 6.07) is 5.07. The first-order valence-electron chi connectivity index (χ1n) is 4.90. The average molecular weight is 194 g/mol. The SMILES string of the molecule is CN1CCC(c2ccc(F)c(N)c2)C1. The molecule has 0 saturated carbocycles. The molecule has 1 aromatic rings. The summed E-state index contributed by atoms with van der Waals surface area (Å²) in [6.07, 6.45) is 1.14. The van der Waals surface area contributed by atoms with Gasteiger partial charge in [0, 0.05) is 6.54 Å². The molecule has 2 rings (SSSR count). The summed E-state index contributed by atoms with van der Waals surface area (Å²) < 4.78 is 12.9. The third-order valence-electron chi connectivity index (χ3n) is 2.88. The minimum atomic E-state index is -0.319. The van der Waals surface area contributed by atoms with Crippen molar-refractivity contribution in [3.63, 3.8) is 0 Å². The van der Waals surface area contributed by atoms with Crippen molar-refractivity contribution in [2.45, 2.75) is 12.3 Å². The average Bonchev–Trinajstić information content (AvgIpc) is 2.57. The van der Waals surface area contributed by atoms with Crippen LogP contribution in [-0.4, -0.2) is 25.0 Å². The van der Waals surface area contributed by atoms with Gasteiger partial charge in [0.25, 0.3) is 0 Å². The smallest absolute Gasteiger partial charge is 0.146 e. The van der Waals surface area contributed by atoms with Gasteiger partial charge in [0.15, 0.2) is 0 Å². The highest BCUT2D eigenvalue weighted by atomic mass is 19.1. The van der Waals surface area contributed by atoms with Gasteiger partial charge >= 0.3 is 0 Å². The van der Waals surface area contributed by atoms with E-state index in [2.05, 4.69) is 11.9 Å². The molecule has 1 saturated heterocycles. The number of benzene rings is 1. The first-order valence-corrected chi connectivity index (χ1v) is 4.90. The molecule has 3 heteroatoms. The number of likely N-dealkylation sites (N-methyl/N-ethyl adjacent to an activating group) is 1. The van der Waals surface area contributed by atoms with Gasteiger partial charge in [-0.1, -0.05) is 6.07 Å². The van der Waals surface area contributed by atoms with Crippen LogP contribution in [0.2, 0.25) is 0 Å². The number of likely N-dealkylation sites (tertiary alicyclic amines) is 1. The lowest BCUT2D eigenvalue weighted by molar-refractivity contribution is 0.411. The van der Waals surface area contributed by atoms with Crippen molar-refractivity contribution in [3.8, 4) is 0 Å². The van der Waals surface area contributed by atoms with Crippen LogP contribution < -0.4 is 5.73 Å². The highest BCUT2D eigenvalue weighted by Crippen LogP contribution is 2.27. The lowest BCUT2D eigenvalue weighted by atomic mass is 9.98. The van der Waals surface area contributed by atoms with Crippen LogP contribution in [0, 0.1) is 5.82 Å². The molecule has 1 heterocycles. The molecule has 1 aliphatic heterocycles. The monoisotopic (exact) mass is 194 g/mol. The van der Waals surface area contributed by atoms with E-state index in [0.29, 0.717) is 5.92 Å². The van der Waals surface area contributed by atoms with Gasteiger partial charge in [-0.3, -0.25) is 0 Å². The quantitative estimate of drug-likeness (QED) is 0.691. The summed E-state index contributed by atoms with van der Waals surface area (Å²) in [6.45, 7) is 2.16. The second-order valence-corrected chi connectivity index (χ2v) is 4.03. The lowest BCUT2D eigenvalue weighted by Crippen LogP contribution is -2.13. The van der Waals surface area contributed by atoms with Crippen LogP contribution in [0.25, 0.3) is 0 Å². The number of nitrogen functional groups attached to an aromatic ring is 1. The maximum atomic E-state index is 12.9. The summed E-state index contributed by atoms with van der Waals surface area (Å²) in [7, 11) is 2.10. The number of anilines is 1. The summed E-state index contributed by atoms with van der Waals surface area (Å²) in [5.74, 6) is 0.197. The normalized spacial score (nSPS) is 22.9. The van der Waals surface area contributed by atoms with Gasteiger partial charge in [0.1, 0.15) is 5.82 Å². The van der Waals surface area contributed by atoms with Crippen LogP contribution in [0.15, 0.2) is 18.2 Å². The van der Waals surface area contributed by atoms with E-state index < -0.39 is 0 Å². The van der Waals surface area contributed by atoms with Gasteiger partial charge in [-0.2, -0.15) is 0 Å². The largest absolute Gasteiger partial charge is 0.396 e. The van der Waals surface area contributed by atoms with E-state index in [4.69, 9.17) is 5.73 Å². The van der Waals surface area contributed by atoms with Gasteiger partial charge in [0.05, 0.1) is 5.69 Å². The van der Waals surface area contributed by atoms with Crippen molar-refractivity contribution < 1.29 is 4.39 Å². The Morgan fingerprint density at radius 3 is 2.86 bits per heavy atom. The van der Waals surface area contributed by atoms with Crippen LogP contribution in [-0.2, 0) is 0 Å². The van der Waals surface area contributed by atoms with Crippen LogP contribution in [0.1, 0.15) is 17.9 Å². The van der Waals surface area contributed by atoms with Crippen LogP contribution in [0.3, 0.4) is 0 Å². The summed E-state index contributed by atoms with van der Waals surface area (Å²) in [5, 5.41) is 0. The Hall–Kier alpha value is -1.09. The zero-order valence-electron chi connectivity index (χ0n) is 8.33. The van der Waals surface area contributed by atoms with Crippen molar-refractivity contribution >= 4 is 5.69 Å². The number of hydrogen-bond acceptors (Lipinski definition) is 2. The molecule has 1 aliphatic rings. The molecule has 1 aromatic carbocycles. The zero-order chi connectivity index (χ0) is 10.1. The molecule has 14 heavy (non-hydrogen) atoms. The number of hydrogen-bond donors (Lipinski definition) is 1. The van der Waals surface area contributed by atoms with Crippen LogP contribution >= 0.6 is 0 Å². The van der Waals surface area contributed by atoms with E-state index in [1.807, 2.05) is 6.07 Å². The number of nitrogens with two attached hydrogens (primary N) is 1. The fourth-order valence-corrected chi connectivity index (χ4v) is 2.02. The fourth-order valence-electron chi connectivity index (χ4n) is 2.02. The summed E-state index contributed by atoms with van der Waals surface area (Å²) >= 11 is 0. The predicted octanol–water partition coefficient (Wildman–Crippen LogP) is 1.83. The Morgan fingerprint density at radius 1 is 1.50 bits per heavy atom. The molecule has 0 amide bonds. The van der Waals surface area contributed by atoms with Crippen molar-refractivity contribution in [1.82, 2.24) is 4.90 Å². The van der Waals surface area contributed by atoms with E-state index in [1.165, 1.54) is 6.07 Å². The first-order chi connectivity index (χ1) is 6.66. The molecule has 1 atom stereocenters. The lowest BCUT2D eigenvalue weighted by Gasteiger charge is -2.11. The van der Waals surface area contributed by atoms with Gasteiger partial charge < -0.3 is 10.6 Å². The molecule has 0 aromatic heterocycles. The third kappa shape index (κ3) is 1.73. The number of halogens is 1. The Kier molecular flexibility index (Phi) is 2.42. The van der Waals surface area contributed by atoms with Crippen molar-refractivity contribution in [2.24, 2.45) is 0 Å².